The van der Waals surface area contributed by atoms with E-state index in [-0.39, 0.29) is 5.41 Å². The van der Waals surface area contributed by atoms with Gasteiger partial charge in [-0.2, -0.15) is 0 Å². The van der Waals surface area contributed by atoms with Crippen LogP contribution in [0.25, 0.3) is 65.4 Å². The predicted octanol–water partition coefficient (Wildman–Crippen LogP) is 10.0. The van der Waals surface area contributed by atoms with Crippen LogP contribution >= 0.6 is 11.3 Å². The summed E-state index contributed by atoms with van der Waals surface area (Å²) in [6.07, 6.45) is 1.85. The monoisotopic (exact) mass is 550 g/mol. The second-order valence-electron chi connectivity index (χ2n) is 11.3. The van der Waals surface area contributed by atoms with Crippen molar-refractivity contribution in [2.24, 2.45) is 0 Å². The molecule has 0 saturated carbocycles. The number of hydrogen-bond donors (Lipinski definition) is 0. The van der Waals surface area contributed by atoms with Gasteiger partial charge in [0, 0.05) is 43.1 Å². The minimum absolute atomic E-state index is 0.322. The van der Waals surface area contributed by atoms with E-state index in [9.17, 15) is 0 Å². The number of thiophene rings is 1. The lowest BCUT2D eigenvalue weighted by molar-refractivity contribution is 0.812. The molecule has 1 unspecified atom stereocenters. The van der Waals surface area contributed by atoms with E-state index in [1.54, 1.807) is 0 Å². The third-order valence-corrected chi connectivity index (χ3v) is 10.6. The van der Waals surface area contributed by atoms with Crippen LogP contribution in [0, 0.1) is 0 Å². The van der Waals surface area contributed by atoms with Crippen LogP contribution in [-0.2, 0) is 5.41 Å². The molecule has 3 aromatic heterocycles. The maximum absolute atomic E-state index is 5.18. The van der Waals surface area contributed by atoms with E-state index in [1.165, 1.54) is 53.9 Å². The number of aromatic nitrogens is 2. The first-order valence-electron chi connectivity index (χ1n) is 14.3. The Morgan fingerprint density at radius 2 is 1.26 bits per heavy atom. The van der Waals surface area contributed by atoms with Gasteiger partial charge in [0.1, 0.15) is 0 Å². The Balaban J connectivity index is 1.26. The summed E-state index contributed by atoms with van der Waals surface area (Å²) in [5.74, 6) is 0. The molecule has 2 aliphatic rings. The van der Waals surface area contributed by atoms with Gasteiger partial charge in [-0.3, -0.25) is 4.98 Å². The summed E-state index contributed by atoms with van der Waals surface area (Å²) in [6.45, 7) is 0. The van der Waals surface area contributed by atoms with Gasteiger partial charge >= 0.3 is 0 Å². The number of nitrogens with zero attached hydrogens (tertiary/aromatic N) is 2. The van der Waals surface area contributed by atoms with Crippen molar-refractivity contribution in [3.63, 3.8) is 0 Å². The molecular weight excluding hydrogens is 529 g/mol. The Morgan fingerprint density at radius 3 is 2.17 bits per heavy atom. The summed E-state index contributed by atoms with van der Waals surface area (Å²) in [6, 6.07) is 46.6. The second kappa shape index (κ2) is 8.00. The van der Waals surface area contributed by atoms with Gasteiger partial charge in [-0.1, -0.05) is 103 Å². The summed E-state index contributed by atoms with van der Waals surface area (Å²) in [7, 11) is 0. The van der Waals surface area contributed by atoms with Crippen LogP contribution in [0.4, 0.5) is 0 Å². The van der Waals surface area contributed by atoms with Crippen molar-refractivity contribution in [3.8, 4) is 33.5 Å². The molecule has 2 nitrogen and oxygen atoms in total. The maximum atomic E-state index is 5.18. The zero-order valence-corrected chi connectivity index (χ0v) is 23.3. The van der Waals surface area contributed by atoms with Crippen LogP contribution in [0.1, 0.15) is 21.6 Å². The van der Waals surface area contributed by atoms with Crippen LogP contribution in [0.5, 0.6) is 0 Å². The fraction of sp³-hybridized carbons (Fsp3) is 0.0256. The molecule has 8 aromatic rings. The third kappa shape index (κ3) is 2.70. The molecule has 5 aromatic carbocycles. The zero-order chi connectivity index (χ0) is 27.4. The topological polar surface area (TPSA) is 25.8 Å². The third-order valence-electron chi connectivity index (χ3n) is 9.31. The van der Waals surface area contributed by atoms with E-state index >= 15 is 0 Å². The highest BCUT2D eigenvalue weighted by molar-refractivity contribution is 7.20. The Kier molecular flexibility index (Phi) is 4.29. The molecule has 3 heteroatoms. The van der Waals surface area contributed by atoms with Gasteiger partial charge in [0.25, 0.3) is 0 Å². The summed E-state index contributed by atoms with van der Waals surface area (Å²) in [5, 5.41) is 3.57. The van der Waals surface area contributed by atoms with E-state index in [2.05, 4.69) is 126 Å². The molecular formula is C39H22N2S. The lowest BCUT2D eigenvalue weighted by Gasteiger charge is -2.29. The molecule has 1 spiro atoms. The number of pyridine rings is 2. The summed E-state index contributed by atoms with van der Waals surface area (Å²) >= 11 is 1.95. The van der Waals surface area contributed by atoms with E-state index in [0.717, 1.165) is 33.1 Å². The molecule has 0 saturated heterocycles. The zero-order valence-electron chi connectivity index (χ0n) is 22.5. The molecule has 0 N–H and O–H groups in total. The standard InChI is InChI=1S/C39H22N2S/c1-4-12-30-26(9-1)29-22-25(33-20-18-24-16-15-23-8-7-21-40-36(23)37(24)41-33)17-19-32(29)39(30)31-13-5-2-10-27(31)35-28-11-3-6-14-34(28)42-38(35)39/h1-22H. The van der Waals surface area contributed by atoms with Gasteiger partial charge in [0.05, 0.1) is 22.1 Å². The smallest absolute Gasteiger partial charge is 0.0972 e. The van der Waals surface area contributed by atoms with E-state index in [4.69, 9.17) is 4.98 Å². The number of fused-ring (bicyclic) bond motifs is 15. The van der Waals surface area contributed by atoms with Gasteiger partial charge in [-0.05, 0) is 57.6 Å². The molecule has 10 rings (SSSR count). The fourth-order valence-electron chi connectivity index (χ4n) is 7.59. The molecule has 1 atom stereocenters. The second-order valence-corrected chi connectivity index (χ2v) is 12.4. The summed E-state index contributed by atoms with van der Waals surface area (Å²) in [4.78, 5) is 11.3. The van der Waals surface area contributed by atoms with Crippen LogP contribution in [0.3, 0.4) is 0 Å². The molecule has 194 valence electrons. The first-order valence-corrected chi connectivity index (χ1v) is 15.2. The van der Waals surface area contributed by atoms with Crippen molar-refractivity contribution < 1.29 is 0 Å². The minimum Gasteiger partial charge on any atom is -0.254 e. The average molecular weight is 551 g/mol. The average Bonchev–Trinajstić information content (AvgIpc) is 3.68. The van der Waals surface area contributed by atoms with Crippen LogP contribution in [0.2, 0.25) is 0 Å². The molecule has 0 aliphatic heterocycles. The largest absolute Gasteiger partial charge is 0.254 e. The van der Waals surface area contributed by atoms with E-state index in [1.807, 2.05) is 23.6 Å². The predicted molar refractivity (Wildman–Crippen MR) is 174 cm³/mol. The Hall–Kier alpha value is -5.12. The summed E-state index contributed by atoms with van der Waals surface area (Å²) in [5.41, 5.74) is 13.1. The number of hydrogen-bond acceptors (Lipinski definition) is 3. The Morgan fingerprint density at radius 1 is 0.548 bits per heavy atom. The maximum Gasteiger partial charge on any atom is 0.0972 e. The highest BCUT2D eigenvalue weighted by atomic mass is 32.1. The highest BCUT2D eigenvalue weighted by Crippen LogP contribution is 2.66. The van der Waals surface area contributed by atoms with E-state index in [0.29, 0.717) is 0 Å². The highest BCUT2D eigenvalue weighted by Gasteiger charge is 2.53. The number of rotatable bonds is 1. The van der Waals surface area contributed by atoms with Crippen LogP contribution in [0.15, 0.2) is 134 Å². The van der Waals surface area contributed by atoms with E-state index < -0.39 is 0 Å². The Bertz CT molecular complexity index is 2430. The molecule has 0 bridgehead atoms. The van der Waals surface area contributed by atoms with Crippen molar-refractivity contribution in [2.75, 3.05) is 0 Å². The fourth-order valence-corrected chi connectivity index (χ4v) is 9.04. The van der Waals surface area contributed by atoms with Gasteiger partial charge in [-0.25, -0.2) is 4.98 Å². The van der Waals surface area contributed by atoms with Gasteiger partial charge in [0.2, 0.25) is 0 Å². The van der Waals surface area contributed by atoms with Crippen molar-refractivity contribution in [2.45, 2.75) is 5.41 Å². The van der Waals surface area contributed by atoms with Gasteiger partial charge < -0.3 is 0 Å². The van der Waals surface area contributed by atoms with Crippen molar-refractivity contribution >= 4 is 43.2 Å². The quantitative estimate of drug-likeness (QED) is 0.190. The van der Waals surface area contributed by atoms with Crippen molar-refractivity contribution in [1.82, 2.24) is 9.97 Å². The van der Waals surface area contributed by atoms with Crippen molar-refractivity contribution in [1.29, 1.82) is 0 Å². The van der Waals surface area contributed by atoms with Gasteiger partial charge in [0.15, 0.2) is 0 Å². The molecule has 3 heterocycles. The first-order chi connectivity index (χ1) is 20.8. The molecule has 42 heavy (non-hydrogen) atoms. The Labute approximate surface area is 246 Å². The molecule has 0 radical (unpaired) electrons. The van der Waals surface area contributed by atoms with Gasteiger partial charge in [-0.15, -0.1) is 11.3 Å². The van der Waals surface area contributed by atoms with Crippen molar-refractivity contribution in [3.05, 3.63) is 155 Å². The normalized spacial score (nSPS) is 16.2. The lowest BCUT2D eigenvalue weighted by Crippen LogP contribution is -2.24. The number of benzene rings is 5. The molecule has 2 aliphatic carbocycles. The SMILES string of the molecule is c1ccc2c(c1)-c1cc(-c3ccc4ccc5cccnc5c4n3)ccc1C21c2ccccc2-c2c1sc1ccccc21. The summed E-state index contributed by atoms with van der Waals surface area (Å²) < 4.78 is 1.35. The van der Waals surface area contributed by atoms with Crippen LogP contribution < -0.4 is 0 Å². The van der Waals surface area contributed by atoms with Crippen LogP contribution in [-0.4, -0.2) is 9.97 Å². The molecule has 0 amide bonds. The lowest BCUT2D eigenvalue weighted by atomic mass is 9.74. The first kappa shape index (κ1) is 22.6. The minimum atomic E-state index is -0.322. The molecule has 0 fully saturated rings.